The second-order valence-electron chi connectivity index (χ2n) is 12.1. The number of aliphatic hydroxyl groups is 1. The van der Waals surface area contributed by atoms with Gasteiger partial charge < -0.3 is 24.4 Å². The van der Waals surface area contributed by atoms with Gasteiger partial charge in [0, 0.05) is 25.2 Å². The molecule has 0 aromatic heterocycles. The van der Waals surface area contributed by atoms with Gasteiger partial charge in [0.05, 0.1) is 19.1 Å². The Hall–Kier alpha value is -3.27. The SMILES string of the molecule is CCCCCCCC(=O)O[C@@H]1[C@H](O)C2(CCC(C(=O)OC)C(CCc3ccccc3)OC(C)=O)CCC(=O)C1(C(=O)O)C2. The second-order valence-corrected chi connectivity index (χ2v) is 12.1. The lowest BCUT2D eigenvalue weighted by Crippen LogP contribution is -2.50. The van der Waals surface area contributed by atoms with Crippen molar-refractivity contribution in [1.29, 1.82) is 0 Å². The molecule has 0 aliphatic heterocycles. The number of ether oxygens (including phenoxy) is 3. The minimum atomic E-state index is -2.06. The van der Waals surface area contributed by atoms with E-state index in [0.29, 0.717) is 19.3 Å². The Labute approximate surface area is 253 Å². The summed E-state index contributed by atoms with van der Waals surface area (Å²) in [7, 11) is 1.24. The molecular weight excluding hydrogens is 556 g/mol. The van der Waals surface area contributed by atoms with Crippen LogP contribution in [0.15, 0.2) is 30.3 Å². The van der Waals surface area contributed by atoms with Gasteiger partial charge in [0.2, 0.25) is 0 Å². The van der Waals surface area contributed by atoms with E-state index in [1.54, 1.807) is 0 Å². The van der Waals surface area contributed by atoms with E-state index < -0.39 is 64.7 Å². The largest absolute Gasteiger partial charge is 0.480 e. The Bertz CT molecular complexity index is 1130. The average molecular weight is 603 g/mol. The number of fused-ring (bicyclic) bond motifs is 2. The molecule has 0 spiro atoms. The Kier molecular flexibility index (Phi) is 12.3. The predicted molar refractivity (Wildman–Crippen MR) is 156 cm³/mol. The van der Waals surface area contributed by atoms with Crippen LogP contribution in [-0.4, -0.2) is 65.3 Å². The number of unbranched alkanes of at least 4 members (excludes halogenated alkanes) is 4. The fourth-order valence-electron chi connectivity index (χ4n) is 6.91. The summed E-state index contributed by atoms with van der Waals surface area (Å²) in [5.41, 5.74) is -2.15. The molecule has 2 saturated carbocycles. The number of benzene rings is 1. The van der Waals surface area contributed by atoms with Crippen LogP contribution in [0, 0.1) is 16.7 Å². The van der Waals surface area contributed by atoms with E-state index >= 15 is 0 Å². The third-order valence-corrected chi connectivity index (χ3v) is 9.29. The van der Waals surface area contributed by atoms with Crippen molar-refractivity contribution in [2.45, 2.75) is 116 Å². The highest BCUT2D eigenvalue weighted by Crippen LogP contribution is 2.60. The highest BCUT2D eigenvalue weighted by Gasteiger charge is 2.71. The van der Waals surface area contributed by atoms with Crippen molar-refractivity contribution in [3.63, 3.8) is 0 Å². The predicted octanol–water partition coefficient (Wildman–Crippen LogP) is 4.58. The minimum absolute atomic E-state index is 0.0692. The van der Waals surface area contributed by atoms with Gasteiger partial charge in [0.25, 0.3) is 0 Å². The van der Waals surface area contributed by atoms with E-state index in [0.717, 1.165) is 31.2 Å². The van der Waals surface area contributed by atoms with Crippen LogP contribution < -0.4 is 0 Å². The second kappa shape index (κ2) is 15.5. The minimum Gasteiger partial charge on any atom is -0.480 e. The van der Waals surface area contributed by atoms with Crippen molar-refractivity contribution in [2.75, 3.05) is 7.11 Å². The van der Waals surface area contributed by atoms with E-state index in [-0.39, 0.29) is 38.5 Å². The molecule has 0 radical (unpaired) electrons. The molecular formula is C33H46O10. The van der Waals surface area contributed by atoms with Crippen molar-refractivity contribution in [3.8, 4) is 0 Å². The van der Waals surface area contributed by atoms with Gasteiger partial charge >= 0.3 is 23.9 Å². The molecule has 3 rings (SSSR count). The first-order valence-electron chi connectivity index (χ1n) is 15.4. The van der Waals surface area contributed by atoms with Gasteiger partial charge in [-0.1, -0.05) is 62.9 Å². The number of hydrogen-bond acceptors (Lipinski definition) is 9. The number of carbonyl (C=O) groups is 5. The molecule has 10 nitrogen and oxygen atoms in total. The van der Waals surface area contributed by atoms with Crippen LogP contribution in [0.1, 0.15) is 96.5 Å². The summed E-state index contributed by atoms with van der Waals surface area (Å²) in [5, 5.41) is 21.9. The molecule has 0 heterocycles. The van der Waals surface area contributed by atoms with E-state index in [4.69, 9.17) is 14.2 Å². The van der Waals surface area contributed by atoms with Crippen LogP contribution in [0.4, 0.5) is 0 Å². The lowest BCUT2D eigenvalue weighted by Gasteiger charge is -2.38. The highest BCUT2D eigenvalue weighted by molar-refractivity contribution is 6.05. The standard InChI is InChI=1S/C33H46O10/c1-4-5-6-7-11-14-27(36)43-29-28(37)32(20-18-26(35)33(29,21-32)31(39)40)19-17-24(30(38)41-3)25(42-22(2)34)16-15-23-12-9-8-10-13-23/h8-10,12-13,24-25,28-29,37H,4-7,11,14-21H2,1-3H3,(H,39,40)/t24?,25?,28-,29+,32?,33?/m0/s1. The molecule has 0 amide bonds. The third kappa shape index (κ3) is 8.02. The Morgan fingerprint density at radius 3 is 2.37 bits per heavy atom. The summed E-state index contributed by atoms with van der Waals surface area (Å²) < 4.78 is 16.3. The molecule has 10 heteroatoms. The molecule has 6 atom stereocenters. The molecule has 4 unspecified atom stereocenters. The summed E-state index contributed by atoms with van der Waals surface area (Å²) in [5.74, 6) is -4.67. The number of ketones is 1. The number of Topliss-reactive ketones (excluding diaryl/α,β-unsaturated/α-hetero) is 1. The normalized spacial score (nSPS) is 25.9. The average Bonchev–Trinajstić information content (AvgIpc) is 3.19. The molecule has 1 aromatic rings. The summed E-state index contributed by atoms with van der Waals surface area (Å²) in [6, 6.07) is 9.54. The van der Waals surface area contributed by atoms with Crippen LogP contribution in [0.5, 0.6) is 0 Å². The van der Waals surface area contributed by atoms with E-state index in [2.05, 4.69) is 6.92 Å². The fourth-order valence-corrected chi connectivity index (χ4v) is 6.91. The maximum atomic E-state index is 13.2. The molecule has 238 valence electrons. The first-order valence-corrected chi connectivity index (χ1v) is 15.4. The number of carbonyl (C=O) groups excluding carboxylic acids is 4. The van der Waals surface area contributed by atoms with Crippen molar-refractivity contribution in [2.24, 2.45) is 16.7 Å². The molecule has 43 heavy (non-hydrogen) atoms. The summed E-state index contributed by atoms with van der Waals surface area (Å²) in [6.07, 6.45) is 1.77. The summed E-state index contributed by atoms with van der Waals surface area (Å²) >= 11 is 0. The van der Waals surface area contributed by atoms with Crippen LogP contribution in [0.3, 0.4) is 0 Å². The number of aliphatic hydroxyl groups excluding tert-OH is 1. The topological polar surface area (TPSA) is 153 Å². The zero-order chi connectivity index (χ0) is 31.6. The van der Waals surface area contributed by atoms with Crippen molar-refractivity contribution >= 4 is 29.7 Å². The van der Waals surface area contributed by atoms with Crippen LogP contribution in [0.25, 0.3) is 0 Å². The van der Waals surface area contributed by atoms with Crippen LogP contribution in [-0.2, 0) is 44.6 Å². The zero-order valence-electron chi connectivity index (χ0n) is 25.5. The number of rotatable bonds is 17. The number of carboxylic acids is 1. The molecule has 0 saturated heterocycles. The number of aliphatic carboxylic acids is 1. The summed E-state index contributed by atoms with van der Waals surface area (Å²) in [4.78, 5) is 63.6. The van der Waals surface area contributed by atoms with Gasteiger partial charge in [-0.25, -0.2) is 0 Å². The van der Waals surface area contributed by atoms with Crippen molar-refractivity contribution in [3.05, 3.63) is 35.9 Å². The Morgan fingerprint density at radius 2 is 1.74 bits per heavy atom. The van der Waals surface area contributed by atoms with E-state index in [9.17, 15) is 34.2 Å². The molecule has 2 aliphatic carbocycles. The first kappa shape index (κ1) is 34.2. The van der Waals surface area contributed by atoms with Gasteiger partial charge in [-0.05, 0) is 50.5 Å². The van der Waals surface area contributed by atoms with E-state index in [1.807, 2.05) is 30.3 Å². The number of carboxylic acid groups (broad SMARTS) is 1. The van der Waals surface area contributed by atoms with Crippen LogP contribution in [0.2, 0.25) is 0 Å². The molecule has 1 aromatic carbocycles. The molecule has 2 bridgehead atoms. The maximum absolute atomic E-state index is 13.2. The van der Waals surface area contributed by atoms with E-state index in [1.165, 1.54) is 14.0 Å². The maximum Gasteiger partial charge on any atom is 0.321 e. The number of methoxy groups -OCH3 is 1. The third-order valence-electron chi connectivity index (χ3n) is 9.29. The molecule has 2 aliphatic rings. The number of esters is 3. The highest BCUT2D eigenvalue weighted by atomic mass is 16.6. The van der Waals surface area contributed by atoms with Crippen molar-refractivity contribution in [1.82, 2.24) is 0 Å². The number of hydrogen-bond donors (Lipinski definition) is 2. The van der Waals surface area contributed by atoms with Gasteiger partial charge in [-0.3, -0.25) is 24.0 Å². The first-order chi connectivity index (χ1) is 20.5. The van der Waals surface area contributed by atoms with Gasteiger partial charge in [0.15, 0.2) is 17.3 Å². The molecule has 2 N–H and O–H groups in total. The number of aryl methyl sites for hydroxylation is 1. The van der Waals surface area contributed by atoms with Crippen LogP contribution >= 0.6 is 0 Å². The van der Waals surface area contributed by atoms with Gasteiger partial charge in [0.1, 0.15) is 6.10 Å². The van der Waals surface area contributed by atoms with Gasteiger partial charge in [-0.15, -0.1) is 0 Å². The monoisotopic (exact) mass is 602 g/mol. The Balaban J connectivity index is 1.81. The fraction of sp³-hybridized carbons (Fsp3) is 0.667. The lowest BCUT2D eigenvalue weighted by atomic mass is 9.65. The van der Waals surface area contributed by atoms with Gasteiger partial charge in [-0.2, -0.15) is 0 Å². The lowest BCUT2D eigenvalue weighted by molar-refractivity contribution is -0.175. The molecule has 2 fully saturated rings. The van der Waals surface area contributed by atoms with Crippen molar-refractivity contribution < 1.29 is 48.4 Å². The zero-order valence-corrected chi connectivity index (χ0v) is 25.5. The summed E-state index contributed by atoms with van der Waals surface area (Å²) in [6.45, 7) is 3.35. The quantitative estimate of drug-likeness (QED) is 0.112. The smallest absolute Gasteiger partial charge is 0.321 e. The Morgan fingerprint density at radius 1 is 1.05 bits per heavy atom.